The first-order chi connectivity index (χ1) is 8.22. The lowest BCUT2D eigenvalue weighted by atomic mass is 10.2. The molecule has 0 amide bonds. The van der Waals surface area contributed by atoms with Gasteiger partial charge in [0.15, 0.2) is 0 Å². The summed E-state index contributed by atoms with van der Waals surface area (Å²) in [5.41, 5.74) is 0.872. The topological polar surface area (TPSA) is 35.8 Å². The number of anilines is 1. The number of benzene rings is 1. The van der Waals surface area contributed by atoms with Gasteiger partial charge in [0.05, 0.1) is 17.3 Å². The Hall–Kier alpha value is -1.21. The molecule has 4 heteroatoms. The number of thioether (sulfide) groups is 1. The van der Waals surface area contributed by atoms with Crippen molar-refractivity contribution in [2.75, 3.05) is 11.6 Å². The molecular formula is C13H15FN2S. The van der Waals surface area contributed by atoms with E-state index in [0.717, 1.165) is 12.8 Å². The van der Waals surface area contributed by atoms with Gasteiger partial charge in [-0.2, -0.15) is 17.0 Å². The predicted octanol–water partition coefficient (Wildman–Crippen LogP) is 3.39. The van der Waals surface area contributed by atoms with Gasteiger partial charge in [-0.05, 0) is 43.7 Å². The molecule has 0 aliphatic heterocycles. The maximum Gasteiger partial charge on any atom is 0.147 e. The van der Waals surface area contributed by atoms with E-state index in [4.69, 9.17) is 5.26 Å². The Labute approximate surface area is 105 Å². The van der Waals surface area contributed by atoms with Gasteiger partial charge in [-0.1, -0.05) is 0 Å². The van der Waals surface area contributed by atoms with Crippen molar-refractivity contribution in [1.29, 1.82) is 5.26 Å². The van der Waals surface area contributed by atoms with Gasteiger partial charge in [0, 0.05) is 11.3 Å². The van der Waals surface area contributed by atoms with Crippen molar-refractivity contribution in [1.82, 2.24) is 0 Å². The van der Waals surface area contributed by atoms with Gasteiger partial charge in [-0.3, -0.25) is 0 Å². The van der Waals surface area contributed by atoms with Crippen LogP contribution in [0, 0.1) is 17.1 Å². The van der Waals surface area contributed by atoms with Crippen molar-refractivity contribution in [2.24, 2.45) is 0 Å². The van der Waals surface area contributed by atoms with Gasteiger partial charge in [0.25, 0.3) is 0 Å². The number of hydrogen-bond donors (Lipinski definition) is 1. The van der Waals surface area contributed by atoms with Gasteiger partial charge >= 0.3 is 0 Å². The summed E-state index contributed by atoms with van der Waals surface area (Å²) < 4.78 is 13.7. The Kier molecular flexibility index (Phi) is 3.90. The summed E-state index contributed by atoms with van der Waals surface area (Å²) in [5.74, 6) is -0.336. The number of hydrogen-bond acceptors (Lipinski definition) is 3. The Morgan fingerprint density at radius 1 is 1.47 bits per heavy atom. The van der Waals surface area contributed by atoms with Crippen molar-refractivity contribution in [3.8, 4) is 6.07 Å². The average molecular weight is 250 g/mol. The van der Waals surface area contributed by atoms with Gasteiger partial charge in [-0.15, -0.1) is 0 Å². The van der Waals surface area contributed by atoms with Crippen LogP contribution in [0.4, 0.5) is 10.1 Å². The molecule has 90 valence electrons. The van der Waals surface area contributed by atoms with E-state index in [1.807, 2.05) is 17.8 Å². The first-order valence-corrected chi connectivity index (χ1v) is 7.00. The second kappa shape index (κ2) is 5.42. The van der Waals surface area contributed by atoms with E-state index >= 15 is 0 Å². The minimum Gasteiger partial charge on any atom is -0.380 e. The molecule has 0 heterocycles. The molecule has 0 aromatic heterocycles. The van der Waals surface area contributed by atoms with Crippen molar-refractivity contribution < 1.29 is 4.39 Å². The molecule has 1 aromatic carbocycles. The number of rotatable bonds is 3. The van der Waals surface area contributed by atoms with Crippen molar-refractivity contribution in [2.45, 2.75) is 30.6 Å². The minimum atomic E-state index is -0.336. The van der Waals surface area contributed by atoms with Crippen LogP contribution in [0.2, 0.25) is 0 Å². The van der Waals surface area contributed by atoms with Gasteiger partial charge in [0.2, 0.25) is 0 Å². The summed E-state index contributed by atoms with van der Waals surface area (Å²) in [6.07, 6.45) is 5.48. The van der Waals surface area contributed by atoms with E-state index < -0.39 is 0 Å². The molecule has 2 nitrogen and oxygen atoms in total. The fourth-order valence-corrected chi connectivity index (χ4v) is 3.00. The number of nitrogens with one attached hydrogen (secondary N) is 1. The van der Waals surface area contributed by atoms with E-state index in [9.17, 15) is 4.39 Å². The lowest BCUT2D eigenvalue weighted by Crippen LogP contribution is -2.16. The molecule has 0 saturated heterocycles. The Bertz CT molecular complexity index is 442. The molecule has 0 bridgehead atoms. The van der Waals surface area contributed by atoms with Crippen molar-refractivity contribution >= 4 is 17.4 Å². The third-order valence-electron chi connectivity index (χ3n) is 3.18. The zero-order valence-electron chi connectivity index (χ0n) is 9.74. The van der Waals surface area contributed by atoms with Crippen LogP contribution in [0.25, 0.3) is 0 Å². The van der Waals surface area contributed by atoms with Crippen LogP contribution in [0.1, 0.15) is 24.8 Å². The summed E-state index contributed by atoms with van der Waals surface area (Å²) in [6.45, 7) is 0. The first-order valence-electron chi connectivity index (χ1n) is 5.72. The van der Waals surface area contributed by atoms with Crippen LogP contribution < -0.4 is 5.32 Å². The fourth-order valence-electron chi connectivity index (χ4n) is 2.21. The molecule has 17 heavy (non-hydrogen) atoms. The summed E-state index contributed by atoms with van der Waals surface area (Å²) >= 11 is 1.88. The average Bonchev–Trinajstić information content (AvgIpc) is 2.79. The van der Waals surface area contributed by atoms with E-state index in [1.54, 1.807) is 12.1 Å². The first kappa shape index (κ1) is 12.3. The molecule has 1 aliphatic carbocycles. The maximum atomic E-state index is 13.7. The van der Waals surface area contributed by atoms with Gasteiger partial charge < -0.3 is 5.32 Å². The number of nitrogens with zero attached hydrogens (tertiary/aromatic N) is 1. The van der Waals surface area contributed by atoms with E-state index in [0.29, 0.717) is 22.5 Å². The highest BCUT2D eigenvalue weighted by atomic mass is 32.2. The van der Waals surface area contributed by atoms with Crippen molar-refractivity contribution in [3.63, 3.8) is 0 Å². The standard InChI is InChI=1S/C13H15FN2S/c1-17-11-4-3-10(7-11)16-13-5-2-9(8-15)6-12(13)14/h2,5-6,10-11,16H,3-4,7H2,1H3. The third kappa shape index (κ3) is 2.92. The summed E-state index contributed by atoms with van der Waals surface area (Å²) in [7, 11) is 0. The summed E-state index contributed by atoms with van der Waals surface area (Å²) in [6, 6.07) is 6.87. The largest absolute Gasteiger partial charge is 0.380 e. The smallest absolute Gasteiger partial charge is 0.147 e. The van der Waals surface area contributed by atoms with E-state index in [-0.39, 0.29) is 5.82 Å². The van der Waals surface area contributed by atoms with Crippen LogP contribution in [0.15, 0.2) is 18.2 Å². The second-order valence-corrected chi connectivity index (χ2v) is 5.46. The maximum absolute atomic E-state index is 13.7. The van der Waals surface area contributed by atoms with Crippen LogP contribution in [-0.2, 0) is 0 Å². The normalized spacial score (nSPS) is 23.4. The molecule has 1 N–H and O–H groups in total. The SMILES string of the molecule is CSC1CCC(Nc2ccc(C#N)cc2F)C1. The monoisotopic (exact) mass is 250 g/mol. The predicted molar refractivity (Wildman–Crippen MR) is 69.7 cm³/mol. The highest BCUT2D eigenvalue weighted by Gasteiger charge is 2.24. The lowest BCUT2D eigenvalue weighted by Gasteiger charge is -2.14. The van der Waals surface area contributed by atoms with E-state index in [2.05, 4.69) is 11.6 Å². The highest BCUT2D eigenvalue weighted by Crippen LogP contribution is 2.30. The molecule has 1 aromatic rings. The van der Waals surface area contributed by atoms with Crippen LogP contribution in [-0.4, -0.2) is 17.5 Å². The summed E-state index contributed by atoms with van der Waals surface area (Å²) in [5, 5.41) is 12.6. The molecule has 2 unspecified atom stereocenters. The van der Waals surface area contributed by atoms with Crippen molar-refractivity contribution in [3.05, 3.63) is 29.6 Å². The number of halogens is 1. The van der Waals surface area contributed by atoms with E-state index in [1.165, 1.54) is 12.5 Å². The lowest BCUT2D eigenvalue weighted by molar-refractivity contribution is 0.624. The van der Waals surface area contributed by atoms with Crippen LogP contribution in [0.5, 0.6) is 0 Å². The third-order valence-corrected chi connectivity index (χ3v) is 4.27. The second-order valence-electron chi connectivity index (χ2n) is 4.32. The van der Waals surface area contributed by atoms with Crippen LogP contribution >= 0.6 is 11.8 Å². The molecule has 0 radical (unpaired) electrons. The Balaban J connectivity index is 2.02. The molecule has 1 fully saturated rings. The quantitative estimate of drug-likeness (QED) is 0.893. The Morgan fingerprint density at radius 3 is 2.88 bits per heavy atom. The molecular weight excluding hydrogens is 235 g/mol. The summed E-state index contributed by atoms with van der Waals surface area (Å²) in [4.78, 5) is 0. The van der Waals surface area contributed by atoms with Crippen LogP contribution in [0.3, 0.4) is 0 Å². The zero-order chi connectivity index (χ0) is 12.3. The molecule has 2 atom stereocenters. The fraction of sp³-hybridized carbons (Fsp3) is 0.462. The number of nitriles is 1. The zero-order valence-corrected chi connectivity index (χ0v) is 10.6. The molecule has 1 saturated carbocycles. The highest BCUT2D eigenvalue weighted by molar-refractivity contribution is 7.99. The van der Waals surface area contributed by atoms with Gasteiger partial charge in [-0.25, -0.2) is 4.39 Å². The molecule has 2 rings (SSSR count). The minimum absolute atomic E-state index is 0.336. The van der Waals surface area contributed by atoms with Gasteiger partial charge in [0.1, 0.15) is 5.82 Å². The molecule has 0 spiro atoms. The molecule has 1 aliphatic rings. The Morgan fingerprint density at radius 2 is 2.29 bits per heavy atom.